The Morgan fingerprint density at radius 3 is 2.78 bits per heavy atom. The second-order valence-electron chi connectivity index (χ2n) is 5.89. The van der Waals surface area contributed by atoms with Crippen molar-refractivity contribution in [3.8, 4) is 0 Å². The third kappa shape index (κ3) is 2.53. The third-order valence-electron chi connectivity index (χ3n) is 4.69. The topological polar surface area (TPSA) is 75.8 Å². The maximum atomic E-state index is 11.2. The lowest BCUT2D eigenvalue weighted by atomic mass is 9.93. The van der Waals surface area contributed by atoms with Crippen LogP contribution in [0.5, 0.6) is 0 Å². The van der Waals surface area contributed by atoms with E-state index in [2.05, 4.69) is 11.8 Å². The Kier molecular flexibility index (Phi) is 3.94. The number of carboxylic acid groups (broad SMARTS) is 1. The Morgan fingerprint density at radius 1 is 1.50 bits per heavy atom. The molecule has 5 heteroatoms. The van der Waals surface area contributed by atoms with Gasteiger partial charge in [-0.25, -0.2) is 0 Å². The van der Waals surface area contributed by atoms with Crippen LogP contribution in [0.1, 0.15) is 32.6 Å². The molecule has 1 saturated heterocycles. The number of likely N-dealkylation sites (tertiary alicyclic amines) is 1. The molecule has 18 heavy (non-hydrogen) atoms. The summed E-state index contributed by atoms with van der Waals surface area (Å²) in [5.41, 5.74) is 4.92. The SMILES string of the molecule is COC1CN(C2CCC(N)(C(=O)O)C2)CCC1C. The fourth-order valence-corrected chi connectivity index (χ4v) is 3.25. The number of hydrogen-bond donors (Lipinski definition) is 2. The van der Waals surface area contributed by atoms with E-state index in [0.717, 1.165) is 25.9 Å². The quantitative estimate of drug-likeness (QED) is 0.776. The van der Waals surface area contributed by atoms with E-state index >= 15 is 0 Å². The number of rotatable bonds is 3. The number of aliphatic carboxylic acids is 1. The number of nitrogens with zero attached hydrogens (tertiary/aromatic N) is 1. The van der Waals surface area contributed by atoms with Gasteiger partial charge in [0.1, 0.15) is 5.54 Å². The molecule has 1 heterocycles. The van der Waals surface area contributed by atoms with Gasteiger partial charge in [-0.3, -0.25) is 9.69 Å². The van der Waals surface area contributed by atoms with E-state index in [-0.39, 0.29) is 6.10 Å². The van der Waals surface area contributed by atoms with E-state index in [0.29, 0.717) is 24.8 Å². The van der Waals surface area contributed by atoms with Crippen molar-refractivity contribution in [2.75, 3.05) is 20.2 Å². The molecule has 1 saturated carbocycles. The largest absolute Gasteiger partial charge is 0.480 e. The van der Waals surface area contributed by atoms with Crippen LogP contribution in [0.25, 0.3) is 0 Å². The van der Waals surface area contributed by atoms with Crippen LogP contribution in [-0.4, -0.2) is 53.9 Å². The van der Waals surface area contributed by atoms with Gasteiger partial charge in [0.05, 0.1) is 6.10 Å². The molecular weight excluding hydrogens is 232 g/mol. The van der Waals surface area contributed by atoms with Gasteiger partial charge in [-0.1, -0.05) is 6.92 Å². The summed E-state index contributed by atoms with van der Waals surface area (Å²) in [5.74, 6) is -0.284. The molecule has 0 bridgehead atoms. The van der Waals surface area contributed by atoms with E-state index in [1.165, 1.54) is 0 Å². The van der Waals surface area contributed by atoms with Crippen LogP contribution in [-0.2, 0) is 9.53 Å². The lowest BCUT2D eigenvalue weighted by molar-refractivity contribution is -0.143. The Balaban J connectivity index is 1.96. The Bertz CT molecular complexity index is 323. The van der Waals surface area contributed by atoms with Gasteiger partial charge < -0.3 is 15.6 Å². The second kappa shape index (κ2) is 5.15. The Hall–Kier alpha value is -0.650. The summed E-state index contributed by atoms with van der Waals surface area (Å²) in [5, 5.41) is 9.16. The monoisotopic (exact) mass is 256 g/mol. The number of ether oxygens (including phenoxy) is 1. The van der Waals surface area contributed by atoms with Crippen LogP contribution in [0.2, 0.25) is 0 Å². The molecule has 0 aromatic rings. The highest BCUT2D eigenvalue weighted by molar-refractivity contribution is 5.79. The Labute approximate surface area is 108 Å². The summed E-state index contributed by atoms with van der Waals surface area (Å²) in [4.78, 5) is 13.5. The maximum Gasteiger partial charge on any atom is 0.323 e. The molecule has 0 amide bonds. The van der Waals surface area contributed by atoms with Crippen LogP contribution in [0.15, 0.2) is 0 Å². The Morgan fingerprint density at radius 2 is 2.22 bits per heavy atom. The molecule has 2 aliphatic rings. The van der Waals surface area contributed by atoms with Gasteiger partial charge in [0.15, 0.2) is 0 Å². The number of hydrogen-bond acceptors (Lipinski definition) is 4. The minimum atomic E-state index is -1.02. The fraction of sp³-hybridized carbons (Fsp3) is 0.923. The standard InChI is InChI=1S/C13H24N2O3/c1-9-4-6-15(8-11(9)18-2)10-3-5-13(14,7-10)12(16)17/h9-11H,3-8,14H2,1-2H3,(H,16,17). The molecule has 2 rings (SSSR count). The first-order valence-corrected chi connectivity index (χ1v) is 6.75. The molecule has 0 aromatic carbocycles. The molecule has 3 N–H and O–H groups in total. The zero-order valence-corrected chi connectivity index (χ0v) is 11.3. The van der Waals surface area contributed by atoms with E-state index in [1.807, 2.05) is 0 Å². The van der Waals surface area contributed by atoms with Gasteiger partial charge in [-0.15, -0.1) is 0 Å². The predicted molar refractivity (Wildman–Crippen MR) is 68.3 cm³/mol. The molecule has 5 nitrogen and oxygen atoms in total. The van der Waals surface area contributed by atoms with E-state index in [9.17, 15) is 4.79 Å². The zero-order valence-electron chi connectivity index (χ0n) is 11.3. The van der Waals surface area contributed by atoms with Crippen molar-refractivity contribution in [2.24, 2.45) is 11.7 Å². The second-order valence-corrected chi connectivity index (χ2v) is 5.89. The highest BCUT2D eigenvalue weighted by Gasteiger charge is 2.45. The minimum Gasteiger partial charge on any atom is -0.480 e. The van der Waals surface area contributed by atoms with Crippen LogP contribution in [0.4, 0.5) is 0 Å². The van der Waals surface area contributed by atoms with Gasteiger partial charge >= 0.3 is 5.97 Å². The number of nitrogens with two attached hydrogens (primary N) is 1. The molecule has 0 radical (unpaired) electrons. The van der Waals surface area contributed by atoms with Crippen molar-refractivity contribution in [3.05, 3.63) is 0 Å². The molecule has 2 fully saturated rings. The maximum absolute atomic E-state index is 11.2. The summed E-state index contributed by atoms with van der Waals surface area (Å²) in [6.45, 7) is 4.14. The molecule has 1 aliphatic heterocycles. The molecule has 104 valence electrons. The molecule has 1 aliphatic carbocycles. The van der Waals surface area contributed by atoms with Crippen molar-refractivity contribution < 1.29 is 14.6 Å². The van der Waals surface area contributed by atoms with Crippen LogP contribution in [0, 0.1) is 5.92 Å². The third-order valence-corrected chi connectivity index (χ3v) is 4.69. The fourth-order valence-electron chi connectivity index (χ4n) is 3.25. The first-order valence-electron chi connectivity index (χ1n) is 6.75. The van der Waals surface area contributed by atoms with Gasteiger partial charge in [-0.2, -0.15) is 0 Å². The molecule has 0 aromatic heterocycles. The smallest absolute Gasteiger partial charge is 0.323 e. The average molecular weight is 256 g/mol. The minimum absolute atomic E-state index is 0.261. The average Bonchev–Trinajstić information content (AvgIpc) is 2.74. The van der Waals surface area contributed by atoms with Crippen LogP contribution in [0.3, 0.4) is 0 Å². The van der Waals surface area contributed by atoms with Crippen molar-refractivity contribution in [2.45, 2.75) is 50.3 Å². The normalized spacial score (nSPS) is 42.1. The molecule has 4 unspecified atom stereocenters. The van der Waals surface area contributed by atoms with Crippen molar-refractivity contribution in [3.63, 3.8) is 0 Å². The van der Waals surface area contributed by atoms with E-state index in [1.54, 1.807) is 7.11 Å². The highest BCUT2D eigenvalue weighted by Crippen LogP contribution is 2.34. The number of piperidine rings is 1. The van der Waals surface area contributed by atoms with E-state index in [4.69, 9.17) is 15.6 Å². The van der Waals surface area contributed by atoms with Crippen molar-refractivity contribution in [1.29, 1.82) is 0 Å². The summed E-state index contributed by atoms with van der Waals surface area (Å²) in [6, 6.07) is 0.302. The first-order chi connectivity index (χ1) is 8.46. The number of carboxylic acids is 1. The summed E-state index contributed by atoms with van der Waals surface area (Å²) >= 11 is 0. The zero-order chi connectivity index (χ0) is 13.3. The summed E-state index contributed by atoms with van der Waals surface area (Å²) in [6.07, 6.45) is 3.40. The molecule has 0 spiro atoms. The molecular formula is C13H24N2O3. The summed E-state index contributed by atoms with van der Waals surface area (Å²) < 4.78 is 5.50. The van der Waals surface area contributed by atoms with Gasteiger partial charge in [0, 0.05) is 19.7 Å². The number of methoxy groups -OCH3 is 1. The predicted octanol–water partition coefficient (Wildman–Crippen LogP) is 0.678. The summed E-state index contributed by atoms with van der Waals surface area (Å²) in [7, 11) is 1.75. The van der Waals surface area contributed by atoms with Crippen LogP contribution < -0.4 is 5.73 Å². The molecule has 4 atom stereocenters. The van der Waals surface area contributed by atoms with E-state index < -0.39 is 11.5 Å². The lowest BCUT2D eigenvalue weighted by Crippen LogP contribution is -2.50. The number of carbonyl (C=O) groups is 1. The van der Waals surface area contributed by atoms with Crippen molar-refractivity contribution >= 4 is 5.97 Å². The van der Waals surface area contributed by atoms with Crippen molar-refractivity contribution in [1.82, 2.24) is 4.90 Å². The van der Waals surface area contributed by atoms with Gasteiger partial charge in [0.25, 0.3) is 0 Å². The lowest BCUT2D eigenvalue weighted by Gasteiger charge is -2.39. The van der Waals surface area contributed by atoms with Crippen LogP contribution >= 0.6 is 0 Å². The van der Waals surface area contributed by atoms with Gasteiger partial charge in [-0.05, 0) is 38.1 Å². The first kappa shape index (κ1) is 13.8. The highest BCUT2D eigenvalue weighted by atomic mass is 16.5. The van der Waals surface area contributed by atoms with Gasteiger partial charge in [0.2, 0.25) is 0 Å².